The molecule has 0 saturated heterocycles. The van der Waals surface area contributed by atoms with Crippen LogP contribution in [0.1, 0.15) is 11.1 Å². The zero-order chi connectivity index (χ0) is 19.9. The lowest BCUT2D eigenvalue weighted by atomic mass is 10.2. The molecule has 0 radical (unpaired) electrons. The third kappa shape index (κ3) is 3.16. The lowest BCUT2D eigenvalue weighted by Gasteiger charge is -2.10. The molecule has 0 bridgehead atoms. The van der Waals surface area contributed by atoms with Crippen molar-refractivity contribution in [3.05, 3.63) is 59.9 Å². The number of thioether (sulfide) groups is 1. The number of hydrogen-bond donors (Lipinski definition) is 0. The van der Waals surface area contributed by atoms with E-state index in [-0.39, 0.29) is 4.90 Å². The number of nitrogens with zero attached hydrogens (tertiary/aromatic N) is 4. The molecular weight excluding hydrogens is 396 g/mol. The zero-order valence-corrected chi connectivity index (χ0v) is 16.8. The molecule has 0 aliphatic carbocycles. The van der Waals surface area contributed by atoms with E-state index in [2.05, 4.69) is 11.1 Å². The maximum Gasteiger partial charge on any atom is 0.257 e. The summed E-state index contributed by atoms with van der Waals surface area (Å²) in [6.07, 6.45) is 3.82. The number of rotatable bonds is 5. The SMILES string of the molecule is CN(C)S(=O)(=O)c1ccc2oc(SCc3cn4ccccc4c3C#N)nc2c1. The number of aromatic nitrogens is 2. The van der Waals surface area contributed by atoms with E-state index in [0.29, 0.717) is 27.6 Å². The number of sulfonamides is 1. The van der Waals surface area contributed by atoms with Crippen molar-refractivity contribution in [1.29, 1.82) is 5.26 Å². The first-order valence-electron chi connectivity index (χ1n) is 8.35. The Morgan fingerprint density at radius 2 is 2.11 bits per heavy atom. The Morgan fingerprint density at radius 3 is 2.86 bits per heavy atom. The van der Waals surface area contributed by atoms with Crippen LogP contribution in [0.5, 0.6) is 0 Å². The maximum absolute atomic E-state index is 12.3. The van der Waals surface area contributed by atoms with Crippen LogP contribution in [0, 0.1) is 11.3 Å². The first-order valence-corrected chi connectivity index (χ1v) is 10.8. The van der Waals surface area contributed by atoms with Gasteiger partial charge in [0, 0.05) is 32.2 Å². The molecule has 0 saturated carbocycles. The fraction of sp³-hybridized carbons (Fsp3) is 0.158. The van der Waals surface area contributed by atoms with Crippen LogP contribution in [0.25, 0.3) is 16.6 Å². The van der Waals surface area contributed by atoms with E-state index in [9.17, 15) is 13.7 Å². The van der Waals surface area contributed by atoms with E-state index in [4.69, 9.17) is 4.42 Å². The minimum Gasteiger partial charge on any atom is -0.431 e. The van der Waals surface area contributed by atoms with Crippen LogP contribution in [0.3, 0.4) is 0 Å². The molecule has 0 spiro atoms. The number of benzene rings is 1. The van der Waals surface area contributed by atoms with Gasteiger partial charge in [-0.15, -0.1) is 0 Å². The lowest BCUT2D eigenvalue weighted by Crippen LogP contribution is -2.22. The average molecular weight is 412 g/mol. The van der Waals surface area contributed by atoms with Gasteiger partial charge in [-0.2, -0.15) is 5.26 Å². The molecule has 0 fully saturated rings. The molecule has 9 heteroatoms. The second kappa shape index (κ2) is 6.98. The van der Waals surface area contributed by atoms with Gasteiger partial charge in [-0.25, -0.2) is 17.7 Å². The highest BCUT2D eigenvalue weighted by molar-refractivity contribution is 7.98. The molecule has 4 rings (SSSR count). The van der Waals surface area contributed by atoms with Gasteiger partial charge in [0.05, 0.1) is 16.0 Å². The summed E-state index contributed by atoms with van der Waals surface area (Å²) >= 11 is 1.36. The Balaban J connectivity index is 1.62. The topological polar surface area (TPSA) is 91.6 Å². The molecule has 0 atom stereocenters. The molecular formula is C19H16N4O3S2. The molecule has 1 aromatic carbocycles. The van der Waals surface area contributed by atoms with E-state index < -0.39 is 10.0 Å². The third-order valence-electron chi connectivity index (χ3n) is 4.34. The molecule has 0 amide bonds. The van der Waals surface area contributed by atoms with Gasteiger partial charge in [0.2, 0.25) is 10.0 Å². The van der Waals surface area contributed by atoms with E-state index in [1.54, 1.807) is 6.07 Å². The summed E-state index contributed by atoms with van der Waals surface area (Å²) in [7, 11) is -0.563. The quantitative estimate of drug-likeness (QED) is 0.466. The van der Waals surface area contributed by atoms with Gasteiger partial charge >= 0.3 is 0 Å². The largest absolute Gasteiger partial charge is 0.431 e. The van der Waals surface area contributed by atoms with Gasteiger partial charge in [-0.05, 0) is 35.9 Å². The number of oxazole rings is 1. The van der Waals surface area contributed by atoms with E-state index in [1.165, 1.54) is 38.0 Å². The summed E-state index contributed by atoms with van der Waals surface area (Å²) in [6, 6.07) is 12.6. The first-order chi connectivity index (χ1) is 13.4. The summed E-state index contributed by atoms with van der Waals surface area (Å²) < 4.78 is 33.3. The van der Waals surface area contributed by atoms with E-state index >= 15 is 0 Å². The fourth-order valence-corrected chi connectivity index (χ4v) is 4.61. The number of nitriles is 1. The highest BCUT2D eigenvalue weighted by Crippen LogP contribution is 2.30. The van der Waals surface area contributed by atoms with E-state index in [0.717, 1.165) is 15.4 Å². The molecule has 3 aromatic heterocycles. The summed E-state index contributed by atoms with van der Waals surface area (Å²) in [5.41, 5.74) is 3.37. The van der Waals surface area contributed by atoms with Gasteiger partial charge in [0.1, 0.15) is 11.6 Å². The van der Waals surface area contributed by atoms with Gasteiger partial charge < -0.3 is 8.82 Å². The average Bonchev–Trinajstić information content (AvgIpc) is 3.25. The van der Waals surface area contributed by atoms with Crippen molar-refractivity contribution in [1.82, 2.24) is 13.7 Å². The van der Waals surface area contributed by atoms with Crippen molar-refractivity contribution in [3.63, 3.8) is 0 Å². The molecule has 4 aromatic rings. The second-order valence-electron chi connectivity index (χ2n) is 6.32. The number of hydrogen-bond acceptors (Lipinski definition) is 6. The summed E-state index contributed by atoms with van der Waals surface area (Å²) in [6.45, 7) is 0. The maximum atomic E-state index is 12.3. The minimum absolute atomic E-state index is 0.167. The van der Waals surface area contributed by atoms with Crippen molar-refractivity contribution in [3.8, 4) is 6.07 Å². The van der Waals surface area contributed by atoms with Crippen molar-refractivity contribution in [2.24, 2.45) is 0 Å². The van der Waals surface area contributed by atoms with Crippen LogP contribution in [-0.2, 0) is 15.8 Å². The Labute approximate surface area is 166 Å². The highest BCUT2D eigenvalue weighted by atomic mass is 32.2. The minimum atomic E-state index is -3.53. The van der Waals surface area contributed by atoms with Gasteiger partial charge in [0.15, 0.2) is 5.58 Å². The van der Waals surface area contributed by atoms with Gasteiger partial charge in [0.25, 0.3) is 5.22 Å². The molecule has 28 heavy (non-hydrogen) atoms. The molecule has 0 aliphatic heterocycles. The first kappa shape index (κ1) is 18.6. The Bertz CT molecular complexity index is 1330. The van der Waals surface area contributed by atoms with E-state index in [1.807, 2.05) is 35.0 Å². The van der Waals surface area contributed by atoms with Gasteiger partial charge in [-0.3, -0.25) is 0 Å². The smallest absolute Gasteiger partial charge is 0.257 e. The van der Waals surface area contributed by atoms with Crippen molar-refractivity contribution >= 4 is 38.4 Å². The predicted molar refractivity (Wildman–Crippen MR) is 107 cm³/mol. The molecule has 0 unspecified atom stereocenters. The van der Waals surface area contributed by atoms with Gasteiger partial charge in [-0.1, -0.05) is 17.8 Å². The number of fused-ring (bicyclic) bond motifs is 2. The molecule has 7 nitrogen and oxygen atoms in total. The summed E-state index contributed by atoms with van der Waals surface area (Å²) in [5, 5.41) is 9.92. The Kier molecular flexibility index (Phi) is 4.63. The molecule has 0 aliphatic rings. The van der Waals surface area contributed by atoms with Crippen LogP contribution in [0.2, 0.25) is 0 Å². The van der Waals surface area contributed by atoms with Crippen molar-refractivity contribution < 1.29 is 12.8 Å². The zero-order valence-electron chi connectivity index (χ0n) is 15.2. The normalized spacial score (nSPS) is 12.1. The number of pyridine rings is 1. The summed E-state index contributed by atoms with van der Waals surface area (Å²) in [4.78, 5) is 4.56. The molecule has 142 valence electrons. The van der Waals surface area contributed by atoms with Crippen LogP contribution >= 0.6 is 11.8 Å². The Morgan fingerprint density at radius 1 is 1.29 bits per heavy atom. The standard InChI is InChI=1S/C19H16N4O3S2/c1-22(2)28(24,25)14-6-7-18-16(9-14)21-19(26-18)27-12-13-11-23-8-4-3-5-17(23)15(13)10-20/h3-9,11H,12H2,1-2H3. The fourth-order valence-electron chi connectivity index (χ4n) is 2.87. The van der Waals surface area contributed by atoms with Crippen molar-refractivity contribution in [2.45, 2.75) is 15.9 Å². The lowest BCUT2D eigenvalue weighted by molar-refractivity contribution is 0.489. The van der Waals surface area contributed by atoms with Crippen molar-refractivity contribution in [2.75, 3.05) is 14.1 Å². The van der Waals surface area contributed by atoms with Crippen LogP contribution < -0.4 is 0 Å². The molecule has 0 N–H and O–H groups in total. The third-order valence-corrected chi connectivity index (χ3v) is 7.03. The predicted octanol–water partition coefficient (Wildman–Crippen LogP) is 3.49. The monoisotopic (exact) mass is 412 g/mol. The second-order valence-corrected chi connectivity index (χ2v) is 9.40. The highest BCUT2D eigenvalue weighted by Gasteiger charge is 2.19. The van der Waals surface area contributed by atoms with Crippen LogP contribution in [-0.4, -0.2) is 36.2 Å². The van der Waals surface area contributed by atoms with Crippen LogP contribution in [0.4, 0.5) is 0 Å². The Hall–Kier alpha value is -2.80. The summed E-state index contributed by atoms with van der Waals surface area (Å²) in [5.74, 6) is 0.514. The molecule has 3 heterocycles. The van der Waals surface area contributed by atoms with Crippen LogP contribution in [0.15, 0.2) is 63.3 Å².